The molecule has 0 amide bonds. The van der Waals surface area contributed by atoms with Crippen LogP contribution in [-0.4, -0.2) is 16.5 Å². The average molecular weight is 367 g/mol. The van der Waals surface area contributed by atoms with Crippen molar-refractivity contribution in [3.63, 3.8) is 0 Å². The topological polar surface area (TPSA) is 49.0 Å². The van der Waals surface area contributed by atoms with Crippen LogP contribution in [0.4, 0.5) is 11.5 Å². The summed E-state index contributed by atoms with van der Waals surface area (Å²) in [5.74, 6) is 0.763. The summed E-state index contributed by atoms with van der Waals surface area (Å²) in [6.07, 6.45) is 4.85. The Morgan fingerprint density at radius 3 is 3.00 bits per heavy atom. The molecule has 1 aliphatic heterocycles. The van der Waals surface area contributed by atoms with Crippen molar-refractivity contribution in [2.45, 2.75) is 19.3 Å². The Hall–Kier alpha value is -1.37. The van der Waals surface area contributed by atoms with Crippen LogP contribution in [0.25, 0.3) is 0 Å². The summed E-state index contributed by atoms with van der Waals surface area (Å²) in [7, 11) is 0. The van der Waals surface area contributed by atoms with Gasteiger partial charge in [0.05, 0.1) is 6.33 Å². The monoisotopic (exact) mass is 367 g/mol. The van der Waals surface area contributed by atoms with Gasteiger partial charge in [0.1, 0.15) is 3.57 Å². The molecule has 0 spiro atoms. The van der Waals surface area contributed by atoms with Crippen molar-refractivity contribution in [2.24, 2.45) is 0 Å². The number of hydrogen-bond acceptors (Lipinski definition) is 3. The lowest BCUT2D eigenvalue weighted by molar-refractivity contribution is 0.756. The SMILES string of the molecule is O=c1[nH]cnc(N2CCCCc3ccccc32)c1I. The van der Waals surface area contributed by atoms with E-state index in [1.54, 1.807) is 0 Å². The van der Waals surface area contributed by atoms with Crippen LogP contribution in [0, 0.1) is 3.57 Å². The van der Waals surface area contributed by atoms with Gasteiger partial charge in [-0.3, -0.25) is 4.79 Å². The number of nitrogens with zero attached hydrogens (tertiary/aromatic N) is 2. The lowest BCUT2D eigenvalue weighted by atomic mass is 10.1. The van der Waals surface area contributed by atoms with Crippen molar-refractivity contribution in [3.8, 4) is 0 Å². The van der Waals surface area contributed by atoms with Crippen LogP contribution in [0.5, 0.6) is 0 Å². The highest BCUT2D eigenvalue weighted by Gasteiger charge is 2.20. The van der Waals surface area contributed by atoms with Crippen molar-refractivity contribution in [3.05, 3.63) is 50.1 Å². The minimum Gasteiger partial charge on any atom is -0.325 e. The molecule has 0 radical (unpaired) electrons. The number of nitrogens with one attached hydrogen (secondary N) is 1. The molecular weight excluding hydrogens is 353 g/mol. The van der Waals surface area contributed by atoms with E-state index in [2.05, 4.69) is 55.7 Å². The molecule has 1 aromatic heterocycles. The Kier molecular flexibility index (Phi) is 3.54. The second kappa shape index (κ2) is 5.32. The van der Waals surface area contributed by atoms with Crippen molar-refractivity contribution in [2.75, 3.05) is 11.4 Å². The third-order valence-corrected chi connectivity index (χ3v) is 4.37. The zero-order valence-electron chi connectivity index (χ0n) is 10.4. The van der Waals surface area contributed by atoms with Crippen LogP contribution >= 0.6 is 22.6 Å². The largest absolute Gasteiger partial charge is 0.325 e. The molecule has 98 valence electrons. The van der Waals surface area contributed by atoms with Crippen molar-refractivity contribution in [1.29, 1.82) is 0 Å². The van der Waals surface area contributed by atoms with Crippen LogP contribution in [0.2, 0.25) is 0 Å². The fraction of sp³-hybridized carbons (Fsp3) is 0.286. The van der Waals surface area contributed by atoms with E-state index in [-0.39, 0.29) is 5.56 Å². The molecule has 0 saturated heterocycles. The summed E-state index contributed by atoms with van der Waals surface area (Å²) >= 11 is 2.07. The smallest absolute Gasteiger partial charge is 0.266 e. The van der Waals surface area contributed by atoms with Gasteiger partial charge >= 0.3 is 0 Å². The summed E-state index contributed by atoms with van der Waals surface area (Å²) in [6, 6.07) is 8.38. The molecule has 0 fully saturated rings. The highest BCUT2D eigenvalue weighted by atomic mass is 127. The normalized spacial score (nSPS) is 14.9. The quantitative estimate of drug-likeness (QED) is 0.789. The molecular formula is C14H14IN3O. The van der Waals surface area contributed by atoms with Gasteiger partial charge in [-0.1, -0.05) is 18.2 Å². The second-order valence-corrected chi connectivity index (χ2v) is 5.69. The number of aromatic nitrogens is 2. The Labute approximate surface area is 125 Å². The predicted molar refractivity (Wildman–Crippen MR) is 84.0 cm³/mol. The van der Waals surface area contributed by atoms with Crippen LogP contribution in [0.1, 0.15) is 18.4 Å². The molecule has 2 heterocycles. The van der Waals surface area contributed by atoms with Gasteiger partial charge in [-0.2, -0.15) is 0 Å². The summed E-state index contributed by atoms with van der Waals surface area (Å²) in [5.41, 5.74) is 2.43. The van der Waals surface area contributed by atoms with Crippen LogP contribution in [-0.2, 0) is 6.42 Å². The summed E-state index contributed by atoms with van der Waals surface area (Å²) in [6.45, 7) is 0.906. The summed E-state index contributed by atoms with van der Waals surface area (Å²) in [5, 5.41) is 0. The van der Waals surface area contributed by atoms with Crippen molar-refractivity contribution < 1.29 is 0 Å². The van der Waals surface area contributed by atoms with E-state index in [1.165, 1.54) is 24.0 Å². The molecule has 3 rings (SSSR count). The van der Waals surface area contributed by atoms with Gasteiger partial charge in [-0.15, -0.1) is 0 Å². The standard InChI is InChI=1S/C14H14IN3O/c15-12-13(16-9-17-14(12)19)18-8-4-3-6-10-5-1-2-7-11(10)18/h1-2,5,7,9H,3-4,6,8H2,(H,16,17,19). The number of hydrogen-bond donors (Lipinski definition) is 1. The van der Waals surface area contributed by atoms with E-state index in [0.717, 1.165) is 25.2 Å². The zero-order chi connectivity index (χ0) is 13.2. The predicted octanol–water partition coefficient (Wildman–Crippen LogP) is 2.85. The van der Waals surface area contributed by atoms with Crippen LogP contribution < -0.4 is 10.5 Å². The third-order valence-electron chi connectivity index (χ3n) is 3.39. The van der Waals surface area contributed by atoms with Gasteiger partial charge in [0.25, 0.3) is 5.56 Å². The molecule has 19 heavy (non-hydrogen) atoms. The van der Waals surface area contributed by atoms with Crippen LogP contribution in [0.3, 0.4) is 0 Å². The number of H-pyrrole nitrogens is 1. The number of aryl methyl sites for hydroxylation is 1. The molecule has 1 aromatic carbocycles. The van der Waals surface area contributed by atoms with Gasteiger partial charge in [0.2, 0.25) is 0 Å². The number of aromatic amines is 1. The molecule has 0 bridgehead atoms. The van der Waals surface area contributed by atoms with E-state index < -0.39 is 0 Å². The molecule has 2 aromatic rings. The minimum absolute atomic E-state index is 0.0765. The van der Waals surface area contributed by atoms with Gasteiger partial charge < -0.3 is 9.88 Å². The first-order valence-corrected chi connectivity index (χ1v) is 7.44. The maximum Gasteiger partial charge on any atom is 0.266 e. The number of benzene rings is 1. The van der Waals surface area contributed by atoms with Gasteiger partial charge in [0, 0.05) is 12.2 Å². The lowest BCUT2D eigenvalue weighted by Gasteiger charge is -2.24. The molecule has 0 unspecified atom stereocenters. The molecule has 0 aliphatic carbocycles. The maximum atomic E-state index is 11.8. The average Bonchev–Trinajstić information content (AvgIpc) is 2.64. The first-order valence-electron chi connectivity index (χ1n) is 6.36. The lowest BCUT2D eigenvalue weighted by Crippen LogP contribution is -2.24. The molecule has 0 saturated carbocycles. The third kappa shape index (κ3) is 2.39. The minimum atomic E-state index is -0.0765. The first kappa shape index (κ1) is 12.7. The Morgan fingerprint density at radius 2 is 2.11 bits per heavy atom. The highest BCUT2D eigenvalue weighted by Crippen LogP contribution is 2.32. The van der Waals surface area contributed by atoms with Crippen molar-refractivity contribution >= 4 is 34.1 Å². The Morgan fingerprint density at radius 1 is 1.26 bits per heavy atom. The molecule has 4 nitrogen and oxygen atoms in total. The first-order chi connectivity index (χ1) is 9.27. The van der Waals surface area contributed by atoms with Crippen molar-refractivity contribution in [1.82, 2.24) is 9.97 Å². The summed E-state index contributed by atoms with van der Waals surface area (Å²) in [4.78, 5) is 20.9. The van der Waals surface area contributed by atoms with Crippen LogP contribution in [0.15, 0.2) is 35.4 Å². The number of fused-ring (bicyclic) bond motifs is 1. The van der Waals surface area contributed by atoms with Gasteiger partial charge in [-0.05, 0) is 53.5 Å². The zero-order valence-corrected chi connectivity index (χ0v) is 12.6. The van der Waals surface area contributed by atoms with E-state index in [1.807, 2.05) is 6.07 Å². The van der Waals surface area contributed by atoms with E-state index in [9.17, 15) is 4.79 Å². The van der Waals surface area contributed by atoms with Gasteiger partial charge in [-0.25, -0.2) is 4.98 Å². The Bertz CT molecular complexity index is 653. The number of rotatable bonds is 1. The van der Waals surface area contributed by atoms with E-state index in [0.29, 0.717) is 3.57 Å². The highest BCUT2D eigenvalue weighted by molar-refractivity contribution is 14.1. The number of para-hydroxylation sites is 1. The van der Waals surface area contributed by atoms with E-state index >= 15 is 0 Å². The fourth-order valence-corrected chi connectivity index (χ4v) is 3.06. The number of anilines is 2. The molecule has 5 heteroatoms. The van der Waals surface area contributed by atoms with E-state index in [4.69, 9.17) is 0 Å². The molecule has 1 N–H and O–H groups in total. The number of halogens is 1. The molecule has 0 atom stereocenters. The maximum absolute atomic E-state index is 11.8. The van der Waals surface area contributed by atoms with Gasteiger partial charge in [0.15, 0.2) is 5.82 Å². The second-order valence-electron chi connectivity index (χ2n) is 4.61. The Balaban J connectivity index is 2.14. The summed E-state index contributed by atoms with van der Waals surface area (Å²) < 4.78 is 0.650. The molecule has 1 aliphatic rings. The fourth-order valence-electron chi connectivity index (χ4n) is 2.47.